The van der Waals surface area contributed by atoms with Gasteiger partial charge in [-0.3, -0.25) is 9.88 Å². The van der Waals surface area contributed by atoms with E-state index < -0.39 is 31.9 Å². The number of fused-ring (bicyclic) bond motifs is 4. The van der Waals surface area contributed by atoms with Crippen LogP contribution in [0.15, 0.2) is 42.6 Å². The molecule has 3 aliphatic heterocycles. The molecular weight excluding hydrogens is 718 g/mol. The Hall–Kier alpha value is -4.18. The molecule has 55 heavy (non-hydrogen) atoms. The molecule has 1 saturated carbocycles. The Labute approximate surface area is 322 Å². The van der Waals surface area contributed by atoms with Crippen LogP contribution in [0, 0.1) is 29.0 Å². The van der Waals surface area contributed by atoms with Crippen molar-refractivity contribution in [1.82, 2.24) is 19.9 Å². The zero-order valence-electron chi connectivity index (χ0n) is 32.7. The molecular formula is C43H51F3N6O2Si. The maximum Gasteiger partial charge on any atom is 0.319 e. The number of benzene rings is 2. The zero-order valence-corrected chi connectivity index (χ0v) is 33.7. The molecule has 2 N–H and O–H groups in total. The van der Waals surface area contributed by atoms with Crippen LogP contribution in [0.1, 0.15) is 66.4 Å². The molecule has 0 bridgehead atoms. The molecule has 5 heterocycles. The SMILES string of the molecule is C=C1CN2CCC[C@@]2(COc2nc(N3CCOC[C@H]4[C@H](F)[C@H]43)c3cnc(-c4cc(N)cc5ccc(F)c(C#C[Si](C(C)C)(C(C)C)C(C)C)c45)c(F)c3n2)C1. The lowest BCUT2D eigenvalue weighted by Gasteiger charge is -2.38. The van der Waals surface area contributed by atoms with Gasteiger partial charge in [0.15, 0.2) is 5.82 Å². The van der Waals surface area contributed by atoms with Crippen LogP contribution in [-0.4, -0.2) is 85.1 Å². The van der Waals surface area contributed by atoms with E-state index in [0.29, 0.717) is 76.2 Å². The van der Waals surface area contributed by atoms with Crippen LogP contribution in [0.3, 0.4) is 0 Å². The lowest BCUT2D eigenvalue weighted by atomic mass is 9.94. The van der Waals surface area contributed by atoms with Crippen molar-refractivity contribution in [3.63, 3.8) is 0 Å². The number of nitrogens with two attached hydrogens (primary N) is 1. The average Bonchev–Trinajstić information content (AvgIpc) is 3.54. The van der Waals surface area contributed by atoms with Gasteiger partial charge in [-0.25, -0.2) is 13.2 Å². The molecule has 4 atom stereocenters. The topological polar surface area (TPSA) is 89.6 Å². The molecule has 4 aliphatic rings. The highest BCUT2D eigenvalue weighted by molar-refractivity contribution is 6.90. The summed E-state index contributed by atoms with van der Waals surface area (Å²) in [5, 5.41) is 1.38. The van der Waals surface area contributed by atoms with Crippen LogP contribution >= 0.6 is 0 Å². The minimum atomic E-state index is -2.27. The van der Waals surface area contributed by atoms with Crippen molar-refractivity contribution in [2.24, 2.45) is 5.92 Å². The molecule has 4 fully saturated rings. The summed E-state index contributed by atoms with van der Waals surface area (Å²) in [6.45, 7) is 20.6. The molecule has 2 aromatic heterocycles. The summed E-state index contributed by atoms with van der Waals surface area (Å²) < 4.78 is 60.8. The smallest absolute Gasteiger partial charge is 0.319 e. The van der Waals surface area contributed by atoms with Crippen LogP contribution in [-0.2, 0) is 4.74 Å². The molecule has 0 amide bonds. The highest BCUT2D eigenvalue weighted by Crippen LogP contribution is 2.46. The predicted octanol–water partition coefficient (Wildman–Crippen LogP) is 8.62. The van der Waals surface area contributed by atoms with E-state index in [-0.39, 0.29) is 34.2 Å². The molecule has 12 heteroatoms. The number of pyridine rings is 1. The first kappa shape index (κ1) is 37.7. The van der Waals surface area contributed by atoms with E-state index in [9.17, 15) is 0 Å². The zero-order chi connectivity index (χ0) is 39.0. The van der Waals surface area contributed by atoms with Crippen LogP contribution in [0.25, 0.3) is 32.9 Å². The Kier molecular flexibility index (Phi) is 9.66. The summed E-state index contributed by atoms with van der Waals surface area (Å²) in [5.74, 6) is 2.12. The van der Waals surface area contributed by atoms with Crippen LogP contribution in [0.5, 0.6) is 6.01 Å². The Morgan fingerprint density at radius 1 is 1.09 bits per heavy atom. The first-order valence-electron chi connectivity index (χ1n) is 19.7. The second-order valence-electron chi connectivity index (χ2n) is 17.1. The van der Waals surface area contributed by atoms with E-state index in [2.05, 4.69) is 74.5 Å². The quantitative estimate of drug-likeness (QED) is 0.0826. The summed E-state index contributed by atoms with van der Waals surface area (Å²) in [7, 11) is -2.27. The van der Waals surface area contributed by atoms with Crippen molar-refractivity contribution in [3.05, 3.63) is 59.8 Å². The highest BCUT2D eigenvalue weighted by Gasteiger charge is 2.56. The predicted molar refractivity (Wildman–Crippen MR) is 216 cm³/mol. The highest BCUT2D eigenvalue weighted by atomic mass is 28.3. The van der Waals surface area contributed by atoms with Crippen LogP contribution in [0.2, 0.25) is 16.6 Å². The number of rotatable bonds is 8. The van der Waals surface area contributed by atoms with Gasteiger partial charge in [0, 0.05) is 41.8 Å². The fourth-order valence-electron chi connectivity index (χ4n) is 10.2. The molecule has 0 unspecified atom stereocenters. The Morgan fingerprint density at radius 3 is 2.60 bits per heavy atom. The second kappa shape index (κ2) is 14.1. The molecule has 3 saturated heterocycles. The summed E-state index contributed by atoms with van der Waals surface area (Å²) in [6, 6.07) is 5.95. The van der Waals surface area contributed by atoms with Gasteiger partial charge in [0.25, 0.3) is 0 Å². The normalized spacial score (nSPS) is 24.1. The third-order valence-electron chi connectivity index (χ3n) is 12.9. The van der Waals surface area contributed by atoms with E-state index in [1.54, 1.807) is 18.2 Å². The van der Waals surface area contributed by atoms with E-state index >= 15 is 13.2 Å². The number of nitrogen functional groups attached to an aromatic ring is 1. The number of aromatic nitrogens is 3. The minimum absolute atomic E-state index is 0.00227. The Morgan fingerprint density at radius 2 is 1.85 bits per heavy atom. The molecule has 0 spiro atoms. The molecule has 290 valence electrons. The summed E-state index contributed by atoms with van der Waals surface area (Å²) >= 11 is 0. The van der Waals surface area contributed by atoms with Gasteiger partial charge in [0.2, 0.25) is 0 Å². The van der Waals surface area contributed by atoms with E-state index in [0.717, 1.165) is 37.9 Å². The van der Waals surface area contributed by atoms with Crippen molar-refractivity contribution in [2.75, 3.05) is 50.1 Å². The Bertz CT molecular complexity index is 2230. The molecule has 2 aromatic carbocycles. The van der Waals surface area contributed by atoms with Crippen molar-refractivity contribution < 1.29 is 22.6 Å². The van der Waals surface area contributed by atoms with Crippen molar-refractivity contribution >= 4 is 41.3 Å². The monoisotopic (exact) mass is 768 g/mol. The second-order valence-corrected chi connectivity index (χ2v) is 22.7. The number of halogens is 3. The van der Waals surface area contributed by atoms with Crippen molar-refractivity contribution in [2.45, 2.75) is 95.2 Å². The van der Waals surface area contributed by atoms with Crippen LogP contribution in [0.4, 0.5) is 24.7 Å². The standard InChI is InChI=1S/C43H51F3N6O2Si/c1-24(2)55(25(3)4,26(5)6)16-11-30-34(44)10-9-28-17-29(47)18-31(35(28)30)38-37(46)39-32(20-48-38)41(52-14-15-53-22-33-36(45)40(33)52)50-42(49-39)54-23-43-12-8-13-51(43)21-27(7)19-43/h9-10,17-18,20,24-26,33,36,40H,7-8,12-15,19,21-23,47H2,1-6H3/t33-,36-,40-,43-/m0/s1. The number of nitrogens with zero attached hydrogens (tertiary/aromatic N) is 5. The number of hydrogen-bond donors (Lipinski definition) is 1. The van der Waals surface area contributed by atoms with Gasteiger partial charge in [0.05, 0.1) is 35.7 Å². The van der Waals surface area contributed by atoms with Gasteiger partial charge in [-0.15, -0.1) is 5.54 Å². The first-order valence-corrected chi connectivity index (χ1v) is 21.9. The maximum absolute atomic E-state index is 17.4. The fourth-order valence-corrected chi connectivity index (χ4v) is 15.4. The van der Waals surface area contributed by atoms with Crippen molar-refractivity contribution in [1.29, 1.82) is 0 Å². The van der Waals surface area contributed by atoms with E-state index in [1.165, 1.54) is 12.3 Å². The molecule has 4 aromatic rings. The number of anilines is 2. The summed E-state index contributed by atoms with van der Waals surface area (Å²) in [6.07, 6.45) is 3.24. The number of alkyl halides is 1. The molecule has 8 rings (SSSR count). The average molecular weight is 769 g/mol. The molecule has 8 nitrogen and oxygen atoms in total. The van der Waals surface area contributed by atoms with Gasteiger partial charge < -0.3 is 20.1 Å². The maximum atomic E-state index is 17.4. The van der Waals surface area contributed by atoms with E-state index in [1.807, 2.05) is 4.90 Å². The van der Waals surface area contributed by atoms with Gasteiger partial charge in [0.1, 0.15) is 43.7 Å². The lowest BCUT2D eigenvalue weighted by molar-refractivity contribution is 0.108. The van der Waals surface area contributed by atoms with Gasteiger partial charge in [-0.2, -0.15) is 9.97 Å². The Balaban J connectivity index is 1.30. The number of hydrogen-bond acceptors (Lipinski definition) is 8. The third-order valence-corrected chi connectivity index (χ3v) is 19.2. The minimum Gasteiger partial charge on any atom is -0.461 e. The first-order chi connectivity index (χ1) is 26.3. The molecule has 0 radical (unpaired) electrons. The largest absolute Gasteiger partial charge is 0.461 e. The van der Waals surface area contributed by atoms with Gasteiger partial charge in [-0.05, 0) is 66.0 Å². The van der Waals surface area contributed by atoms with Crippen molar-refractivity contribution in [3.8, 4) is 28.7 Å². The van der Waals surface area contributed by atoms with E-state index in [4.69, 9.17) is 20.2 Å². The lowest BCUT2D eigenvalue weighted by Crippen LogP contribution is -2.43. The summed E-state index contributed by atoms with van der Waals surface area (Å²) in [5.41, 5.74) is 12.8. The fraction of sp³-hybridized carbons (Fsp3) is 0.512. The van der Waals surface area contributed by atoms with Gasteiger partial charge >= 0.3 is 6.01 Å². The summed E-state index contributed by atoms with van der Waals surface area (Å²) in [4.78, 5) is 18.4. The number of ether oxygens (including phenoxy) is 2. The third kappa shape index (κ3) is 6.27. The van der Waals surface area contributed by atoms with Crippen LogP contribution < -0.4 is 15.4 Å². The van der Waals surface area contributed by atoms with Gasteiger partial charge in [-0.1, -0.05) is 65.7 Å². The molecule has 1 aliphatic carbocycles.